The van der Waals surface area contributed by atoms with Crippen LogP contribution in [0.15, 0.2) is 12.7 Å². The average molecular weight is 236 g/mol. The highest BCUT2D eigenvalue weighted by Crippen LogP contribution is 2.27. The number of rotatable bonds is 9. The summed E-state index contributed by atoms with van der Waals surface area (Å²) in [5, 5.41) is 0. The van der Waals surface area contributed by atoms with Crippen molar-refractivity contribution in [2.45, 2.75) is 77.0 Å². The van der Waals surface area contributed by atoms with Gasteiger partial charge in [-0.1, -0.05) is 44.6 Å². The van der Waals surface area contributed by atoms with Crippen molar-refractivity contribution >= 4 is 5.78 Å². The maximum Gasteiger partial charge on any atom is 0.132 e. The third-order valence-corrected chi connectivity index (χ3v) is 3.92. The lowest BCUT2D eigenvalue weighted by Gasteiger charge is -2.20. The van der Waals surface area contributed by atoms with Crippen molar-refractivity contribution in [3.63, 3.8) is 0 Å². The normalized spacial score (nSPS) is 16.9. The van der Waals surface area contributed by atoms with Gasteiger partial charge in [0.1, 0.15) is 5.78 Å². The standard InChI is InChI=1S/C16H28O/c1-2-3-4-5-9-12-16(17)14-13-15-10-7-6-8-11-15/h2,15H,1,3-14H2. The Kier molecular flexibility index (Phi) is 8.04. The molecular weight excluding hydrogens is 208 g/mol. The summed E-state index contributed by atoms with van der Waals surface area (Å²) in [4.78, 5) is 11.7. The predicted octanol–water partition coefficient (Wildman–Crippen LogP) is 5.05. The van der Waals surface area contributed by atoms with Crippen LogP contribution in [0.4, 0.5) is 0 Å². The minimum Gasteiger partial charge on any atom is -0.300 e. The number of Topliss-reactive ketones (excluding diaryl/α,β-unsaturated/α-hetero) is 1. The molecule has 1 heteroatoms. The van der Waals surface area contributed by atoms with Gasteiger partial charge in [-0.15, -0.1) is 6.58 Å². The summed E-state index contributed by atoms with van der Waals surface area (Å²) >= 11 is 0. The molecule has 1 rings (SSSR count). The van der Waals surface area contributed by atoms with Crippen LogP contribution in [0.25, 0.3) is 0 Å². The zero-order valence-corrected chi connectivity index (χ0v) is 11.3. The van der Waals surface area contributed by atoms with Crippen molar-refractivity contribution in [1.29, 1.82) is 0 Å². The number of carbonyl (C=O) groups excluding carboxylic acids is 1. The second kappa shape index (κ2) is 9.44. The van der Waals surface area contributed by atoms with Crippen molar-refractivity contribution in [2.24, 2.45) is 5.92 Å². The number of carbonyl (C=O) groups is 1. The molecule has 1 nitrogen and oxygen atoms in total. The van der Waals surface area contributed by atoms with E-state index in [2.05, 4.69) is 6.58 Å². The maximum atomic E-state index is 11.7. The smallest absolute Gasteiger partial charge is 0.132 e. The first-order valence-electron chi connectivity index (χ1n) is 7.45. The van der Waals surface area contributed by atoms with Crippen LogP contribution in [0.5, 0.6) is 0 Å². The lowest BCUT2D eigenvalue weighted by atomic mass is 9.85. The number of hydrogen-bond donors (Lipinski definition) is 0. The molecule has 0 amide bonds. The van der Waals surface area contributed by atoms with Crippen LogP contribution in [0.3, 0.4) is 0 Å². The van der Waals surface area contributed by atoms with Crippen LogP contribution in [0.1, 0.15) is 77.0 Å². The van der Waals surface area contributed by atoms with Crippen LogP contribution < -0.4 is 0 Å². The SMILES string of the molecule is C=CCCCCCC(=O)CCC1CCCCC1. The van der Waals surface area contributed by atoms with E-state index in [0.29, 0.717) is 5.78 Å². The fourth-order valence-corrected chi connectivity index (χ4v) is 2.75. The van der Waals surface area contributed by atoms with Gasteiger partial charge in [-0.05, 0) is 31.6 Å². The Labute approximate surface area is 107 Å². The molecule has 98 valence electrons. The summed E-state index contributed by atoms with van der Waals surface area (Å²) in [6.07, 6.45) is 16.2. The molecule has 0 unspecified atom stereocenters. The molecule has 0 aromatic heterocycles. The Morgan fingerprint density at radius 2 is 1.82 bits per heavy atom. The molecule has 0 spiro atoms. The van der Waals surface area contributed by atoms with Crippen molar-refractivity contribution in [1.82, 2.24) is 0 Å². The zero-order chi connectivity index (χ0) is 12.3. The molecule has 0 saturated heterocycles. The molecule has 0 bridgehead atoms. The number of allylic oxidation sites excluding steroid dienone is 1. The van der Waals surface area contributed by atoms with Crippen LogP contribution in [-0.4, -0.2) is 5.78 Å². The fourth-order valence-electron chi connectivity index (χ4n) is 2.75. The highest BCUT2D eigenvalue weighted by atomic mass is 16.1. The quantitative estimate of drug-likeness (QED) is 0.404. The summed E-state index contributed by atoms with van der Waals surface area (Å²) < 4.78 is 0. The van der Waals surface area contributed by atoms with E-state index < -0.39 is 0 Å². The van der Waals surface area contributed by atoms with Crippen molar-refractivity contribution < 1.29 is 4.79 Å². The number of hydrogen-bond acceptors (Lipinski definition) is 1. The van der Waals surface area contributed by atoms with Gasteiger partial charge in [0.25, 0.3) is 0 Å². The second-order valence-electron chi connectivity index (χ2n) is 5.47. The Morgan fingerprint density at radius 3 is 2.53 bits per heavy atom. The van der Waals surface area contributed by atoms with Gasteiger partial charge in [-0.2, -0.15) is 0 Å². The average Bonchev–Trinajstić information content (AvgIpc) is 2.37. The van der Waals surface area contributed by atoms with E-state index in [4.69, 9.17) is 0 Å². The Hall–Kier alpha value is -0.590. The largest absolute Gasteiger partial charge is 0.300 e. The van der Waals surface area contributed by atoms with Gasteiger partial charge in [0.2, 0.25) is 0 Å². The van der Waals surface area contributed by atoms with E-state index in [9.17, 15) is 4.79 Å². The van der Waals surface area contributed by atoms with E-state index in [0.717, 1.165) is 38.0 Å². The molecule has 1 aliphatic rings. The first-order valence-corrected chi connectivity index (χ1v) is 7.45. The zero-order valence-electron chi connectivity index (χ0n) is 11.3. The summed E-state index contributed by atoms with van der Waals surface area (Å²) in [5.74, 6) is 1.35. The van der Waals surface area contributed by atoms with Crippen LogP contribution >= 0.6 is 0 Å². The Bertz CT molecular complexity index is 214. The molecule has 0 aromatic rings. The third kappa shape index (κ3) is 7.36. The van der Waals surface area contributed by atoms with Crippen LogP contribution in [-0.2, 0) is 4.79 Å². The predicted molar refractivity (Wildman–Crippen MR) is 74.1 cm³/mol. The maximum absolute atomic E-state index is 11.7. The van der Waals surface area contributed by atoms with Gasteiger partial charge < -0.3 is 0 Å². The monoisotopic (exact) mass is 236 g/mol. The topological polar surface area (TPSA) is 17.1 Å². The first kappa shape index (κ1) is 14.5. The highest BCUT2D eigenvalue weighted by molar-refractivity contribution is 5.78. The molecule has 17 heavy (non-hydrogen) atoms. The third-order valence-electron chi connectivity index (χ3n) is 3.92. The number of unbranched alkanes of at least 4 members (excludes halogenated alkanes) is 3. The second-order valence-corrected chi connectivity index (χ2v) is 5.47. The van der Waals surface area contributed by atoms with Gasteiger partial charge in [0, 0.05) is 12.8 Å². The minimum atomic E-state index is 0.495. The lowest BCUT2D eigenvalue weighted by Crippen LogP contribution is -2.08. The molecule has 1 saturated carbocycles. The van der Waals surface area contributed by atoms with E-state index in [-0.39, 0.29) is 0 Å². The molecule has 0 aromatic carbocycles. The first-order chi connectivity index (χ1) is 8.33. The molecule has 1 aliphatic carbocycles. The van der Waals surface area contributed by atoms with Crippen molar-refractivity contribution in [3.05, 3.63) is 12.7 Å². The summed E-state index contributed by atoms with van der Waals surface area (Å²) in [7, 11) is 0. The van der Waals surface area contributed by atoms with Gasteiger partial charge in [-0.3, -0.25) is 4.79 Å². The molecule has 0 N–H and O–H groups in total. The summed E-state index contributed by atoms with van der Waals surface area (Å²) in [6.45, 7) is 3.71. The van der Waals surface area contributed by atoms with Crippen molar-refractivity contribution in [2.75, 3.05) is 0 Å². The summed E-state index contributed by atoms with van der Waals surface area (Å²) in [6, 6.07) is 0. The minimum absolute atomic E-state index is 0.495. The van der Waals surface area contributed by atoms with E-state index in [1.165, 1.54) is 44.9 Å². The number of ketones is 1. The van der Waals surface area contributed by atoms with Gasteiger partial charge in [0.05, 0.1) is 0 Å². The van der Waals surface area contributed by atoms with E-state index in [1.807, 2.05) is 6.08 Å². The van der Waals surface area contributed by atoms with Gasteiger partial charge >= 0.3 is 0 Å². The van der Waals surface area contributed by atoms with Gasteiger partial charge in [-0.25, -0.2) is 0 Å². The molecule has 0 heterocycles. The van der Waals surface area contributed by atoms with Crippen LogP contribution in [0.2, 0.25) is 0 Å². The molecular formula is C16H28O. The molecule has 0 radical (unpaired) electrons. The van der Waals surface area contributed by atoms with E-state index in [1.54, 1.807) is 0 Å². The van der Waals surface area contributed by atoms with Gasteiger partial charge in [0.15, 0.2) is 0 Å². The van der Waals surface area contributed by atoms with Crippen molar-refractivity contribution in [3.8, 4) is 0 Å². The molecule has 0 aliphatic heterocycles. The molecule has 1 fully saturated rings. The highest BCUT2D eigenvalue weighted by Gasteiger charge is 2.14. The fraction of sp³-hybridized carbons (Fsp3) is 0.812. The molecule has 0 atom stereocenters. The Morgan fingerprint density at radius 1 is 1.06 bits per heavy atom. The van der Waals surface area contributed by atoms with Crippen LogP contribution in [0, 0.1) is 5.92 Å². The lowest BCUT2D eigenvalue weighted by molar-refractivity contribution is -0.119. The Balaban J connectivity index is 1.94. The van der Waals surface area contributed by atoms with E-state index >= 15 is 0 Å². The summed E-state index contributed by atoms with van der Waals surface area (Å²) in [5.41, 5.74) is 0.